The van der Waals surface area contributed by atoms with E-state index in [-0.39, 0.29) is 28.3 Å². The molecule has 1 N–H and O–H groups in total. The Bertz CT molecular complexity index is 1580. The van der Waals surface area contributed by atoms with Gasteiger partial charge in [-0.05, 0) is 57.9 Å². The first-order chi connectivity index (χ1) is 18.6. The molecule has 1 aliphatic rings. The Balaban J connectivity index is 1.36. The standard InChI is InChI=1S/C29H28ClFN6O2/c1-29(2,3)39-28(38)36-9-7-22(8-10-36)37-17-21(16-35-37)19-12-23-20(15-34-27(23)33-14-19)11-18(13-32)26-24(30)5-4-6-25(26)31/h4-6,11-12,14-17,22H,7-10H2,1-3H3,(H,33,34)/b18-11+. The Morgan fingerprint density at radius 2 is 2.03 bits per heavy atom. The van der Waals surface area contributed by atoms with Crippen molar-refractivity contribution in [3.63, 3.8) is 0 Å². The summed E-state index contributed by atoms with van der Waals surface area (Å²) in [6.07, 6.45) is 10.2. The number of carbonyl (C=O) groups is 1. The van der Waals surface area contributed by atoms with Gasteiger partial charge in [0.1, 0.15) is 17.1 Å². The number of likely N-dealkylation sites (tertiary alicyclic amines) is 1. The fourth-order valence-electron chi connectivity index (χ4n) is 4.70. The molecule has 0 spiro atoms. The summed E-state index contributed by atoms with van der Waals surface area (Å²) >= 11 is 6.19. The molecule has 39 heavy (non-hydrogen) atoms. The molecule has 8 nitrogen and oxygen atoms in total. The van der Waals surface area contributed by atoms with E-state index in [9.17, 15) is 14.4 Å². The maximum atomic E-state index is 14.5. The number of fused-ring (bicyclic) bond motifs is 1. The summed E-state index contributed by atoms with van der Waals surface area (Å²) in [4.78, 5) is 21.8. The number of benzene rings is 1. The number of pyridine rings is 1. The summed E-state index contributed by atoms with van der Waals surface area (Å²) in [6, 6.07) is 8.54. The third-order valence-corrected chi connectivity index (χ3v) is 6.96. The van der Waals surface area contributed by atoms with E-state index in [2.05, 4.69) is 21.1 Å². The molecule has 1 fully saturated rings. The predicted molar refractivity (Wildman–Crippen MR) is 148 cm³/mol. The van der Waals surface area contributed by atoms with Gasteiger partial charge in [-0.2, -0.15) is 10.4 Å². The smallest absolute Gasteiger partial charge is 0.410 e. The van der Waals surface area contributed by atoms with Gasteiger partial charge in [0.15, 0.2) is 0 Å². The van der Waals surface area contributed by atoms with Crippen LogP contribution in [0.25, 0.3) is 33.8 Å². The molecule has 5 rings (SSSR count). The molecule has 4 aromatic rings. The highest BCUT2D eigenvalue weighted by atomic mass is 35.5. The van der Waals surface area contributed by atoms with Crippen molar-refractivity contribution in [1.82, 2.24) is 24.6 Å². The molecule has 0 radical (unpaired) electrons. The first-order valence-corrected chi connectivity index (χ1v) is 13.1. The number of aromatic amines is 1. The largest absolute Gasteiger partial charge is 0.444 e. The number of carbonyl (C=O) groups excluding carboxylic acids is 1. The number of rotatable bonds is 4. The lowest BCUT2D eigenvalue weighted by atomic mass is 10.0. The van der Waals surface area contributed by atoms with Gasteiger partial charge in [-0.15, -0.1) is 0 Å². The normalized spacial score (nSPS) is 15.0. The van der Waals surface area contributed by atoms with Gasteiger partial charge >= 0.3 is 6.09 Å². The van der Waals surface area contributed by atoms with E-state index in [0.717, 1.165) is 29.4 Å². The molecule has 1 amide bonds. The Kier molecular flexibility index (Phi) is 7.15. The van der Waals surface area contributed by atoms with Crippen LogP contribution in [0.3, 0.4) is 0 Å². The number of nitrogens with zero attached hydrogens (tertiary/aromatic N) is 5. The van der Waals surface area contributed by atoms with Crippen LogP contribution in [0.5, 0.6) is 0 Å². The number of halogens is 2. The maximum absolute atomic E-state index is 14.5. The van der Waals surface area contributed by atoms with Crippen molar-refractivity contribution < 1.29 is 13.9 Å². The van der Waals surface area contributed by atoms with Crippen LogP contribution in [-0.2, 0) is 4.74 Å². The summed E-state index contributed by atoms with van der Waals surface area (Å²) in [5.74, 6) is -0.557. The van der Waals surface area contributed by atoms with Gasteiger partial charge < -0.3 is 14.6 Å². The van der Waals surface area contributed by atoms with Crippen molar-refractivity contribution >= 4 is 40.4 Å². The summed E-state index contributed by atoms with van der Waals surface area (Å²) in [5.41, 5.74) is 2.76. The Morgan fingerprint density at radius 1 is 1.26 bits per heavy atom. The van der Waals surface area contributed by atoms with Gasteiger partial charge in [0.2, 0.25) is 0 Å². The van der Waals surface area contributed by atoms with Crippen LogP contribution < -0.4 is 0 Å². The van der Waals surface area contributed by atoms with E-state index in [0.29, 0.717) is 24.3 Å². The number of piperidine rings is 1. The number of hydrogen-bond donors (Lipinski definition) is 1. The van der Waals surface area contributed by atoms with Gasteiger partial charge in [0.05, 0.1) is 28.9 Å². The van der Waals surface area contributed by atoms with Gasteiger partial charge in [-0.25, -0.2) is 14.2 Å². The van der Waals surface area contributed by atoms with Crippen molar-refractivity contribution in [3.8, 4) is 17.2 Å². The van der Waals surface area contributed by atoms with Crippen molar-refractivity contribution in [2.75, 3.05) is 13.1 Å². The number of hydrogen-bond acceptors (Lipinski definition) is 5. The fourth-order valence-corrected chi connectivity index (χ4v) is 4.96. The van der Waals surface area contributed by atoms with E-state index < -0.39 is 11.4 Å². The number of aromatic nitrogens is 4. The SMILES string of the molecule is CC(C)(C)OC(=O)N1CCC(n2cc(-c3cnc4[nH]cc(/C=C(\C#N)c5c(F)cccc5Cl)c4c3)cn2)CC1. The molecule has 3 aromatic heterocycles. The molecule has 0 aliphatic carbocycles. The molecule has 1 saturated heterocycles. The third kappa shape index (κ3) is 5.66. The van der Waals surface area contributed by atoms with E-state index in [1.54, 1.807) is 35.6 Å². The maximum Gasteiger partial charge on any atom is 0.410 e. The molecule has 1 aromatic carbocycles. The van der Waals surface area contributed by atoms with Crippen LogP contribution in [0.2, 0.25) is 5.02 Å². The highest BCUT2D eigenvalue weighted by Crippen LogP contribution is 2.32. The van der Waals surface area contributed by atoms with Gasteiger partial charge in [-0.3, -0.25) is 4.68 Å². The second-order valence-corrected chi connectivity index (χ2v) is 10.9. The summed E-state index contributed by atoms with van der Waals surface area (Å²) in [7, 11) is 0. The quantitative estimate of drug-likeness (QED) is 0.282. The highest BCUT2D eigenvalue weighted by Gasteiger charge is 2.28. The zero-order chi connectivity index (χ0) is 27.7. The van der Waals surface area contributed by atoms with E-state index in [1.165, 1.54) is 12.1 Å². The molecule has 0 bridgehead atoms. The minimum Gasteiger partial charge on any atom is -0.444 e. The third-order valence-electron chi connectivity index (χ3n) is 6.64. The number of allylic oxidation sites excluding steroid dienone is 1. The van der Waals surface area contributed by atoms with Gasteiger partial charge in [0, 0.05) is 59.3 Å². The predicted octanol–water partition coefficient (Wildman–Crippen LogP) is 6.86. The van der Waals surface area contributed by atoms with Crippen molar-refractivity contribution in [2.45, 2.75) is 45.3 Å². The first kappa shape index (κ1) is 26.4. The average Bonchev–Trinajstić information content (AvgIpc) is 3.54. The second kappa shape index (κ2) is 10.5. The van der Waals surface area contributed by atoms with Gasteiger partial charge in [0.25, 0.3) is 0 Å². The Morgan fingerprint density at radius 3 is 2.72 bits per heavy atom. The molecule has 1 aliphatic heterocycles. The first-order valence-electron chi connectivity index (χ1n) is 12.7. The lowest BCUT2D eigenvalue weighted by molar-refractivity contribution is 0.0185. The molecular weight excluding hydrogens is 519 g/mol. The van der Waals surface area contributed by atoms with Crippen LogP contribution in [0.1, 0.15) is 50.8 Å². The molecule has 0 saturated carbocycles. The van der Waals surface area contributed by atoms with Crippen LogP contribution >= 0.6 is 11.6 Å². The Labute approximate surface area is 230 Å². The number of nitrogens with one attached hydrogen (secondary N) is 1. The monoisotopic (exact) mass is 546 g/mol. The number of nitriles is 1. The van der Waals surface area contributed by atoms with Crippen LogP contribution in [-0.4, -0.2) is 49.4 Å². The Hall–Kier alpha value is -4.16. The lowest BCUT2D eigenvalue weighted by Crippen LogP contribution is -2.42. The van der Waals surface area contributed by atoms with Crippen molar-refractivity contribution in [2.24, 2.45) is 0 Å². The summed E-state index contributed by atoms with van der Waals surface area (Å²) in [5, 5.41) is 15.3. The number of ether oxygens (including phenoxy) is 1. The van der Waals surface area contributed by atoms with E-state index >= 15 is 0 Å². The van der Waals surface area contributed by atoms with E-state index in [4.69, 9.17) is 16.3 Å². The highest BCUT2D eigenvalue weighted by molar-refractivity contribution is 6.32. The molecule has 200 valence electrons. The second-order valence-electron chi connectivity index (χ2n) is 10.5. The van der Waals surface area contributed by atoms with Crippen molar-refractivity contribution in [3.05, 3.63) is 71.0 Å². The zero-order valence-corrected chi connectivity index (χ0v) is 22.7. The summed E-state index contributed by atoms with van der Waals surface area (Å²) < 4.78 is 21.9. The molecule has 4 heterocycles. The van der Waals surface area contributed by atoms with E-state index in [1.807, 2.05) is 37.7 Å². The molecular formula is C29H28ClFN6O2. The average molecular weight is 547 g/mol. The van der Waals surface area contributed by atoms with Gasteiger partial charge in [-0.1, -0.05) is 17.7 Å². The topological polar surface area (TPSA) is 99.8 Å². The van der Waals surface area contributed by atoms with Crippen molar-refractivity contribution in [1.29, 1.82) is 5.26 Å². The minimum atomic E-state index is -0.557. The fraction of sp³-hybridized carbons (Fsp3) is 0.310. The summed E-state index contributed by atoms with van der Waals surface area (Å²) in [6.45, 7) is 6.80. The van der Waals surface area contributed by atoms with Crippen LogP contribution in [0.15, 0.2) is 49.1 Å². The number of amides is 1. The molecule has 10 heteroatoms. The van der Waals surface area contributed by atoms with Crippen LogP contribution in [0, 0.1) is 17.1 Å². The molecule has 0 unspecified atom stereocenters. The zero-order valence-electron chi connectivity index (χ0n) is 21.9. The van der Waals surface area contributed by atoms with Crippen LogP contribution in [0.4, 0.5) is 9.18 Å². The lowest BCUT2D eigenvalue weighted by Gasteiger charge is -2.33. The minimum absolute atomic E-state index is 0.0686. The molecule has 0 atom stereocenters. The number of H-pyrrole nitrogens is 1.